The van der Waals surface area contributed by atoms with E-state index in [2.05, 4.69) is 23.5 Å². The molecule has 0 aliphatic rings. The predicted octanol–water partition coefficient (Wildman–Crippen LogP) is 3.41. The fourth-order valence-electron chi connectivity index (χ4n) is 2.75. The number of nitrogens with one attached hydrogen (secondary N) is 2. The molecule has 0 aliphatic heterocycles. The Morgan fingerprint density at radius 1 is 0.897 bits per heavy atom. The van der Waals surface area contributed by atoms with E-state index in [4.69, 9.17) is 15.9 Å². The summed E-state index contributed by atoms with van der Waals surface area (Å²) in [6.07, 6.45) is 9.18. The highest BCUT2D eigenvalue weighted by Crippen LogP contribution is 2.10. The molecular formula is C22H38N2O5. The Morgan fingerprint density at radius 3 is 2.07 bits per heavy atom. The first-order valence-electron chi connectivity index (χ1n) is 10.5. The second-order valence-corrected chi connectivity index (χ2v) is 8.03. The van der Waals surface area contributed by atoms with E-state index < -0.39 is 30.1 Å². The number of alkyl carbamates (subject to hydrolysis) is 1. The summed E-state index contributed by atoms with van der Waals surface area (Å²) in [7, 11) is 0. The van der Waals surface area contributed by atoms with Gasteiger partial charge in [0.1, 0.15) is 12.1 Å². The van der Waals surface area contributed by atoms with Crippen LogP contribution in [0.4, 0.5) is 4.79 Å². The van der Waals surface area contributed by atoms with Crippen molar-refractivity contribution in [3.8, 4) is 12.3 Å². The number of ether oxygens (including phenoxy) is 2. The molecule has 0 aromatic heterocycles. The zero-order valence-electron chi connectivity index (χ0n) is 18.6. The van der Waals surface area contributed by atoms with Crippen LogP contribution in [0.3, 0.4) is 0 Å². The maximum atomic E-state index is 12.8. The molecule has 0 rings (SSSR count). The molecule has 7 heteroatoms. The molecule has 29 heavy (non-hydrogen) atoms. The molecule has 2 unspecified atom stereocenters. The number of hydrogen-bond acceptors (Lipinski definition) is 5. The van der Waals surface area contributed by atoms with Gasteiger partial charge in [0.05, 0.1) is 6.61 Å². The second kappa shape index (κ2) is 15.7. The average Bonchev–Trinajstić information content (AvgIpc) is 2.64. The van der Waals surface area contributed by atoms with Gasteiger partial charge in [0.2, 0.25) is 5.91 Å². The van der Waals surface area contributed by atoms with Crippen LogP contribution in [0.25, 0.3) is 0 Å². The van der Waals surface area contributed by atoms with Crippen LogP contribution in [-0.2, 0) is 19.1 Å². The van der Waals surface area contributed by atoms with Crippen LogP contribution in [0.1, 0.15) is 73.1 Å². The highest BCUT2D eigenvalue weighted by atomic mass is 16.5. The summed E-state index contributed by atoms with van der Waals surface area (Å²) in [5.41, 5.74) is 0. The van der Waals surface area contributed by atoms with Gasteiger partial charge in [0.15, 0.2) is 6.61 Å². The van der Waals surface area contributed by atoms with Crippen LogP contribution < -0.4 is 10.6 Å². The molecule has 166 valence electrons. The van der Waals surface area contributed by atoms with Gasteiger partial charge in [0.25, 0.3) is 0 Å². The lowest BCUT2D eigenvalue weighted by Gasteiger charge is -2.24. The molecule has 0 aliphatic carbocycles. The summed E-state index contributed by atoms with van der Waals surface area (Å²) in [6, 6.07) is -1.58. The number of carbonyl (C=O) groups excluding carboxylic acids is 3. The molecule has 0 aromatic carbocycles. The first kappa shape index (κ1) is 26.8. The first-order valence-corrected chi connectivity index (χ1v) is 10.5. The predicted molar refractivity (Wildman–Crippen MR) is 113 cm³/mol. The van der Waals surface area contributed by atoms with E-state index in [0.717, 1.165) is 25.7 Å². The van der Waals surface area contributed by atoms with Gasteiger partial charge in [-0.2, -0.15) is 0 Å². The fourth-order valence-corrected chi connectivity index (χ4v) is 2.75. The van der Waals surface area contributed by atoms with Gasteiger partial charge in [-0.05, 0) is 31.1 Å². The van der Waals surface area contributed by atoms with Gasteiger partial charge < -0.3 is 20.1 Å². The topological polar surface area (TPSA) is 93.7 Å². The van der Waals surface area contributed by atoms with Crippen molar-refractivity contribution < 1.29 is 23.9 Å². The zero-order chi connectivity index (χ0) is 22.2. The SMILES string of the molecule is C#CCOC(=O)NC(CC(C)C)C(=O)NC(CC(C)C)C(=O)OCCCCCC. The van der Waals surface area contributed by atoms with Crippen molar-refractivity contribution in [3.05, 3.63) is 0 Å². The molecule has 0 bridgehead atoms. The van der Waals surface area contributed by atoms with E-state index in [0.29, 0.717) is 19.4 Å². The third kappa shape index (κ3) is 13.6. The van der Waals surface area contributed by atoms with Crippen LogP contribution in [-0.4, -0.2) is 43.3 Å². The third-order valence-electron chi connectivity index (χ3n) is 4.15. The van der Waals surface area contributed by atoms with Gasteiger partial charge >= 0.3 is 12.1 Å². The lowest BCUT2D eigenvalue weighted by atomic mass is 10.0. The maximum absolute atomic E-state index is 12.8. The summed E-state index contributed by atoms with van der Waals surface area (Å²) < 4.78 is 10.2. The van der Waals surface area contributed by atoms with Gasteiger partial charge in [-0.3, -0.25) is 4.79 Å². The third-order valence-corrected chi connectivity index (χ3v) is 4.15. The van der Waals surface area contributed by atoms with Crippen molar-refractivity contribution in [1.29, 1.82) is 0 Å². The Hall–Kier alpha value is -2.23. The number of terminal acetylenes is 1. The largest absolute Gasteiger partial charge is 0.464 e. The van der Waals surface area contributed by atoms with Crippen molar-refractivity contribution in [2.75, 3.05) is 13.2 Å². The first-order chi connectivity index (χ1) is 13.7. The molecule has 0 aromatic rings. The van der Waals surface area contributed by atoms with Crippen molar-refractivity contribution >= 4 is 18.0 Å². The Labute approximate surface area is 175 Å². The van der Waals surface area contributed by atoms with Crippen LogP contribution in [0.15, 0.2) is 0 Å². The van der Waals surface area contributed by atoms with Crippen molar-refractivity contribution in [3.63, 3.8) is 0 Å². The summed E-state index contributed by atoms with van der Waals surface area (Å²) >= 11 is 0. The normalized spacial score (nSPS) is 12.8. The monoisotopic (exact) mass is 410 g/mol. The van der Waals surface area contributed by atoms with E-state index >= 15 is 0 Å². The molecule has 2 amide bonds. The molecule has 0 radical (unpaired) electrons. The van der Waals surface area contributed by atoms with Crippen molar-refractivity contribution in [1.82, 2.24) is 10.6 Å². The van der Waals surface area contributed by atoms with Gasteiger partial charge in [-0.1, -0.05) is 59.8 Å². The van der Waals surface area contributed by atoms with Crippen molar-refractivity contribution in [2.45, 2.75) is 85.2 Å². The highest BCUT2D eigenvalue weighted by Gasteiger charge is 2.29. The minimum Gasteiger partial charge on any atom is -0.464 e. The second-order valence-electron chi connectivity index (χ2n) is 8.03. The van der Waals surface area contributed by atoms with E-state index in [1.807, 2.05) is 27.7 Å². The quantitative estimate of drug-likeness (QED) is 0.260. The number of amides is 2. The van der Waals surface area contributed by atoms with E-state index in [9.17, 15) is 14.4 Å². The summed E-state index contributed by atoms with van der Waals surface area (Å²) in [6.45, 7) is 10.1. The van der Waals surface area contributed by atoms with Crippen LogP contribution in [0.5, 0.6) is 0 Å². The molecule has 0 spiro atoms. The Kier molecular flexibility index (Phi) is 14.5. The molecule has 0 saturated carbocycles. The number of esters is 1. The summed E-state index contributed by atoms with van der Waals surface area (Å²) in [5.74, 6) is 1.65. The average molecular weight is 411 g/mol. The number of rotatable bonds is 14. The van der Waals surface area contributed by atoms with E-state index in [1.165, 1.54) is 0 Å². The molecule has 0 heterocycles. The number of carbonyl (C=O) groups is 3. The molecule has 7 nitrogen and oxygen atoms in total. The molecule has 0 saturated heterocycles. The summed E-state index contributed by atoms with van der Waals surface area (Å²) in [5, 5.41) is 5.27. The lowest BCUT2D eigenvalue weighted by molar-refractivity contribution is -0.148. The summed E-state index contributed by atoms with van der Waals surface area (Å²) in [4.78, 5) is 37.1. The van der Waals surface area contributed by atoms with Gasteiger partial charge in [0, 0.05) is 0 Å². The van der Waals surface area contributed by atoms with E-state index in [1.54, 1.807) is 0 Å². The molecule has 0 fully saturated rings. The maximum Gasteiger partial charge on any atom is 0.408 e. The van der Waals surface area contributed by atoms with Crippen LogP contribution in [0, 0.1) is 24.2 Å². The number of unbranched alkanes of at least 4 members (excludes halogenated alkanes) is 3. The molecular weight excluding hydrogens is 372 g/mol. The Morgan fingerprint density at radius 2 is 1.52 bits per heavy atom. The van der Waals surface area contributed by atoms with Crippen molar-refractivity contribution in [2.24, 2.45) is 11.8 Å². The van der Waals surface area contributed by atoms with E-state index in [-0.39, 0.29) is 18.4 Å². The zero-order valence-corrected chi connectivity index (χ0v) is 18.6. The minimum absolute atomic E-state index is 0.146. The van der Waals surface area contributed by atoms with Crippen LogP contribution >= 0.6 is 0 Å². The minimum atomic E-state index is -0.827. The Bertz CT molecular complexity index is 540. The van der Waals surface area contributed by atoms with Gasteiger partial charge in [-0.25, -0.2) is 9.59 Å². The van der Waals surface area contributed by atoms with Gasteiger partial charge in [-0.15, -0.1) is 6.42 Å². The molecule has 2 atom stereocenters. The Balaban J connectivity index is 4.95. The van der Waals surface area contributed by atoms with Crippen LogP contribution in [0.2, 0.25) is 0 Å². The standard InChI is InChI=1S/C22H38N2O5/c1-7-9-10-11-13-28-21(26)19(15-17(5)6)23-20(25)18(14-16(3)4)24-22(27)29-12-8-2/h2,16-19H,7,9-15H2,1,3-6H3,(H,23,25)(H,24,27). The number of hydrogen-bond donors (Lipinski definition) is 2. The fraction of sp³-hybridized carbons (Fsp3) is 0.773. The lowest BCUT2D eigenvalue weighted by Crippen LogP contribution is -2.52. The smallest absolute Gasteiger partial charge is 0.408 e. The molecule has 2 N–H and O–H groups in total. The highest BCUT2D eigenvalue weighted by molar-refractivity contribution is 5.89.